The second-order valence-electron chi connectivity index (χ2n) is 9.53. The van der Waals surface area contributed by atoms with Crippen LogP contribution in [0.3, 0.4) is 0 Å². The molecule has 0 radical (unpaired) electrons. The number of sulfonamides is 1. The Morgan fingerprint density at radius 2 is 1.57 bits per heavy atom. The van der Waals surface area contributed by atoms with Gasteiger partial charge in [0.15, 0.2) is 0 Å². The van der Waals surface area contributed by atoms with Crippen LogP contribution in [0, 0.1) is 0 Å². The Morgan fingerprint density at radius 1 is 1.00 bits per heavy atom. The third kappa shape index (κ3) is 7.97. The number of benzene rings is 2. The molecule has 0 fully saturated rings. The van der Waals surface area contributed by atoms with Gasteiger partial charge in [-0.05, 0) is 56.9 Å². The van der Waals surface area contributed by atoms with Crippen molar-refractivity contribution in [2.75, 3.05) is 17.1 Å². The minimum Gasteiger partial charge on any atom is -0.350 e. The van der Waals surface area contributed by atoms with Crippen LogP contribution in [-0.4, -0.2) is 49.5 Å². The Morgan fingerprint density at radius 3 is 2.09 bits per heavy atom. The average molecular weight is 522 g/mol. The monoisotopic (exact) mass is 521 g/mol. The Kier molecular flexibility index (Phi) is 9.75. The zero-order valence-corrected chi connectivity index (χ0v) is 22.9. The predicted molar refractivity (Wildman–Crippen MR) is 142 cm³/mol. The van der Waals surface area contributed by atoms with Crippen LogP contribution < -0.4 is 9.62 Å². The Labute approximate surface area is 214 Å². The van der Waals surface area contributed by atoms with E-state index in [2.05, 4.69) is 5.32 Å². The molecule has 2 aromatic carbocycles. The molecule has 0 saturated heterocycles. The molecular weight excluding hydrogens is 486 g/mol. The first-order valence-corrected chi connectivity index (χ1v) is 13.9. The van der Waals surface area contributed by atoms with Gasteiger partial charge in [0.25, 0.3) is 0 Å². The maximum absolute atomic E-state index is 13.8. The second kappa shape index (κ2) is 11.9. The third-order valence-electron chi connectivity index (χ3n) is 5.50. The van der Waals surface area contributed by atoms with E-state index in [0.717, 1.165) is 16.1 Å². The number of hydrogen-bond acceptors (Lipinski definition) is 4. The molecule has 0 saturated carbocycles. The van der Waals surface area contributed by atoms with Crippen LogP contribution in [0.2, 0.25) is 5.02 Å². The van der Waals surface area contributed by atoms with E-state index in [-0.39, 0.29) is 12.5 Å². The number of hydrogen-bond donors (Lipinski definition) is 1. The summed E-state index contributed by atoms with van der Waals surface area (Å²) in [6.07, 6.45) is 2.03. The lowest BCUT2D eigenvalue weighted by atomic mass is 10.1. The van der Waals surface area contributed by atoms with Crippen LogP contribution in [0.1, 0.15) is 52.2 Å². The van der Waals surface area contributed by atoms with Gasteiger partial charge in [0.1, 0.15) is 12.6 Å². The molecule has 35 heavy (non-hydrogen) atoms. The lowest BCUT2D eigenvalue weighted by Gasteiger charge is -2.35. The van der Waals surface area contributed by atoms with Crippen molar-refractivity contribution in [3.05, 3.63) is 64.7 Å². The van der Waals surface area contributed by atoms with E-state index in [1.165, 1.54) is 4.90 Å². The highest BCUT2D eigenvalue weighted by Crippen LogP contribution is 2.25. The van der Waals surface area contributed by atoms with Gasteiger partial charge in [0, 0.05) is 17.1 Å². The summed E-state index contributed by atoms with van der Waals surface area (Å²) in [7, 11) is -3.78. The molecule has 0 aliphatic carbocycles. The molecule has 0 heterocycles. The molecule has 0 bridgehead atoms. The summed E-state index contributed by atoms with van der Waals surface area (Å²) in [5.41, 5.74) is 1.43. The van der Waals surface area contributed by atoms with E-state index in [1.54, 1.807) is 36.4 Å². The van der Waals surface area contributed by atoms with Crippen LogP contribution in [0.25, 0.3) is 0 Å². The minimum absolute atomic E-state index is 0.0710. The molecule has 7 nitrogen and oxygen atoms in total. The number of amides is 2. The first-order chi connectivity index (χ1) is 16.3. The number of anilines is 1. The highest BCUT2D eigenvalue weighted by molar-refractivity contribution is 7.92. The summed E-state index contributed by atoms with van der Waals surface area (Å²) in [5.74, 6) is -0.794. The van der Waals surface area contributed by atoms with Gasteiger partial charge in [-0.2, -0.15) is 0 Å². The Balaban J connectivity index is 2.51. The SMILES string of the molecule is CCc1ccccc1N(CC(=O)N(Cc1ccccc1Cl)[C@@H](CC)C(=O)NC(C)(C)C)S(C)(=O)=O. The topological polar surface area (TPSA) is 86.8 Å². The first kappa shape index (κ1) is 28.7. The number of carbonyl (C=O) groups excluding carboxylic acids is 2. The summed E-state index contributed by atoms with van der Waals surface area (Å²) in [4.78, 5) is 28.4. The molecule has 0 aromatic heterocycles. The van der Waals surface area contributed by atoms with Gasteiger partial charge in [-0.15, -0.1) is 0 Å². The smallest absolute Gasteiger partial charge is 0.244 e. The summed E-state index contributed by atoms with van der Waals surface area (Å²) >= 11 is 6.38. The van der Waals surface area contributed by atoms with Gasteiger partial charge in [-0.25, -0.2) is 8.42 Å². The Bertz CT molecular complexity index is 1150. The maximum atomic E-state index is 13.8. The minimum atomic E-state index is -3.78. The number of para-hydroxylation sites is 1. The molecule has 0 unspecified atom stereocenters. The average Bonchev–Trinajstić information content (AvgIpc) is 2.76. The predicted octanol–water partition coefficient (Wildman–Crippen LogP) is 4.39. The van der Waals surface area contributed by atoms with Crippen LogP contribution in [0.4, 0.5) is 5.69 Å². The van der Waals surface area contributed by atoms with Crippen molar-refractivity contribution >= 4 is 39.1 Å². The van der Waals surface area contributed by atoms with Crippen molar-refractivity contribution in [1.82, 2.24) is 10.2 Å². The number of rotatable bonds is 10. The molecule has 2 rings (SSSR count). The molecule has 9 heteroatoms. The lowest BCUT2D eigenvalue weighted by Crippen LogP contribution is -2.55. The fourth-order valence-corrected chi connectivity index (χ4v) is 4.91. The molecule has 0 spiro atoms. The number of carbonyl (C=O) groups is 2. The van der Waals surface area contributed by atoms with Crippen molar-refractivity contribution in [3.63, 3.8) is 0 Å². The molecular formula is C26H36ClN3O4S. The number of nitrogens with one attached hydrogen (secondary N) is 1. The first-order valence-electron chi connectivity index (χ1n) is 11.7. The van der Waals surface area contributed by atoms with Gasteiger partial charge in [-0.3, -0.25) is 13.9 Å². The second-order valence-corrected chi connectivity index (χ2v) is 11.8. The van der Waals surface area contributed by atoms with Crippen molar-refractivity contribution in [2.45, 2.75) is 65.6 Å². The van der Waals surface area contributed by atoms with Gasteiger partial charge in [-0.1, -0.05) is 61.8 Å². The summed E-state index contributed by atoms with van der Waals surface area (Å²) in [6.45, 7) is 8.98. The summed E-state index contributed by atoms with van der Waals surface area (Å²) < 4.78 is 26.7. The largest absolute Gasteiger partial charge is 0.350 e. The molecule has 0 aliphatic rings. The third-order valence-corrected chi connectivity index (χ3v) is 7.00. The summed E-state index contributed by atoms with van der Waals surface area (Å²) in [6, 6.07) is 13.4. The van der Waals surface area contributed by atoms with E-state index < -0.39 is 34.1 Å². The zero-order valence-electron chi connectivity index (χ0n) is 21.3. The molecule has 1 N–H and O–H groups in total. The van der Waals surface area contributed by atoms with Gasteiger partial charge in [0.2, 0.25) is 21.8 Å². The van der Waals surface area contributed by atoms with Crippen molar-refractivity contribution < 1.29 is 18.0 Å². The summed E-state index contributed by atoms with van der Waals surface area (Å²) in [5, 5.41) is 3.41. The normalized spacial score (nSPS) is 12.7. The fourth-order valence-electron chi connectivity index (χ4n) is 3.83. The maximum Gasteiger partial charge on any atom is 0.244 e. The van der Waals surface area contributed by atoms with E-state index in [0.29, 0.717) is 29.1 Å². The molecule has 2 amide bonds. The van der Waals surface area contributed by atoms with Crippen molar-refractivity contribution in [1.29, 1.82) is 0 Å². The van der Waals surface area contributed by atoms with Crippen LogP contribution in [0.5, 0.6) is 0 Å². The molecule has 2 aromatic rings. The standard InChI is InChI=1S/C26H36ClN3O4S/c1-7-19-13-10-12-16-23(19)30(35(6,33)34)18-24(31)29(17-20-14-9-11-15-21(20)27)22(8-2)25(32)28-26(3,4)5/h9-16,22H,7-8,17-18H2,1-6H3,(H,28,32)/t22-/m0/s1. The zero-order chi connectivity index (χ0) is 26.4. The van der Waals surface area contributed by atoms with E-state index >= 15 is 0 Å². The molecule has 192 valence electrons. The van der Waals surface area contributed by atoms with Crippen LogP contribution in [0.15, 0.2) is 48.5 Å². The molecule has 0 aliphatic heterocycles. The van der Waals surface area contributed by atoms with E-state index in [9.17, 15) is 18.0 Å². The molecule has 1 atom stereocenters. The highest BCUT2D eigenvalue weighted by Gasteiger charge is 2.33. The van der Waals surface area contributed by atoms with Crippen molar-refractivity contribution in [2.24, 2.45) is 0 Å². The van der Waals surface area contributed by atoms with Crippen LogP contribution >= 0.6 is 11.6 Å². The van der Waals surface area contributed by atoms with Crippen LogP contribution in [-0.2, 0) is 32.6 Å². The number of nitrogens with zero attached hydrogens (tertiary/aromatic N) is 2. The number of halogens is 1. The van der Waals surface area contributed by atoms with Gasteiger partial charge in [0.05, 0.1) is 11.9 Å². The Hall–Kier alpha value is -2.58. The lowest BCUT2D eigenvalue weighted by molar-refractivity contribution is -0.141. The van der Waals surface area contributed by atoms with Gasteiger partial charge < -0.3 is 10.2 Å². The van der Waals surface area contributed by atoms with E-state index in [1.807, 2.05) is 46.8 Å². The quantitative estimate of drug-likeness (QED) is 0.502. The number of aryl methyl sites for hydroxylation is 1. The van der Waals surface area contributed by atoms with Crippen molar-refractivity contribution in [3.8, 4) is 0 Å². The fraction of sp³-hybridized carbons (Fsp3) is 0.462. The van der Waals surface area contributed by atoms with E-state index in [4.69, 9.17) is 11.6 Å². The van der Waals surface area contributed by atoms with Gasteiger partial charge >= 0.3 is 0 Å². The highest BCUT2D eigenvalue weighted by atomic mass is 35.5.